The third kappa shape index (κ3) is 6.02. The van der Waals surface area contributed by atoms with Crippen molar-refractivity contribution in [3.05, 3.63) is 221 Å². The number of rotatable bonds is 5. The maximum Gasteiger partial charge on any atom is 0.333 e. The number of fused-ring (bicyclic) bond motifs is 13. The Balaban J connectivity index is 1.21. The zero-order chi connectivity index (χ0) is 47.2. The fraction of sp³-hybridized carbons (Fsp3) is 0.152. The van der Waals surface area contributed by atoms with Gasteiger partial charge in [0.1, 0.15) is 11.2 Å². The summed E-state index contributed by atoms with van der Waals surface area (Å²) in [6, 6.07) is 71.0. The molecule has 0 atom stereocenters. The third-order valence-electron chi connectivity index (χ3n) is 15.7. The second-order valence-corrected chi connectivity index (χ2v) is 22.0. The normalized spacial score (nSPS) is 13.3. The highest BCUT2D eigenvalue weighted by atomic mass is 16.3. The van der Waals surface area contributed by atoms with Gasteiger partial charge in [-0.3, -0.25) is 0 Å². The first-order valence-corrected chi connectivity index (χ1v) is 25.0. The fourth-order valence-corrected chi connectivity index (χ4v) is 12.4. The van der Waals surface area contributed by atoms with Crippen molar-refractivity contribution in [2.45, 2.75) is 65.2 Å². The first-order chi connectivity index (χ1) is 34.0. The van der Waals surface area contributed by atoms with Gasteiger partial charge in [-0.1, -0.05) is 193 Å². The predicted molar refractivity (Wildman–Crippen MR) is 298 cm³/mol. The molecule has 3 nitrogen and oxygen atoms in total. The molecule has 0 bridgehead atoms. The molecule has 2 aromatic heterocycles. The van der Waals surface area contributed by atoms with Crippen LogP contribution < -0.4 is 15.8 Å². The lowest BCUT2D eigenvalue weighted by molar-refractivity contribution is 0.569. The molecule has 10 aromatic carbocycles. The summed E-state index contributed by atoms with van der Waals surface area (Å²) >= 11 is 0. The number of hydrogen-bond donors (Lipinski definition) is 0. The second-order valence-electron chi connectivity index (χ2n) is 22.0. The molecule has 0 saturated carbocycles. The van der Waals surface area contributed by atoms with Gasteiger partial charge in [-0.05, 0) is 125 Å². The Bertz CT molecular complexity index is 4110. The largest absolute Gasteiger partial charge is 0.456 e. The zero-order valence-electron chi connectivity index (χ0n) is 40.7. The average Bonchev–Trinajstić information content (AvgIpc) is 3.92. The average molecular weight is 901 g/mol. The summed E-state index contributed by atoms with van der Waals surface area (Å²) in [5.41, 5.74) is 20.8. The van der Waals surface area contributed by atoms with E-state index in [0.29, 0.717) is 0 Å². The van der Waals surface area contributed by atoms with Gasteiger partial charge in [-0.25, -0.2) is 0 Å². The van der Waals surface area contributed by atoms with Crippen LogP contribution in [0.3, 0.4) is 0 Å². The van der Waals surface area contributed by atoms with Gasteiger partial charge in [0.15, 0.2) is 0 Å². The Kier molecular flexibility index (Phi) is 8.73. The number of nitrogens with zero attached hydrogens (tertiary/aromatic N) is 2. The van der Waals surface area contributed by atoms with E-state index >= 15 is 0 Å². The summed E-state index contributed by atoms with van der Waals surface area (Å²) in [5.74, 6) is 0. The summed E-state index contributed by atoms with van der Waals surface area (Å²) in [7, 11) is 0. The molecule has 0 fully saturated rings. The lowest BCUT2D eigenvalue weighted by Crippen LogP contribution is -2.56. The highest BCUT2D eigenvalue weighted by Crippen LogP contribution is 2.51. The Morgan fingerprint density at radius 1 is 0.457 bits per heavy atom. The van der Waals surface area contributed by atoms with Crippen molar-refractivity contribution in [1.29, 1.82) is 0 Å². The molecule has 336 valence electrons. The van der Waals surface area contributed by atoms with Crippen LogP contribution in [0.5, 0.6) is 0 Å². The molecule has 0 saturated heterocycles. The van der Waals surface area contributed by atoms with E-state index in [4.69, 9.17) is 4.42 Å². The maximum atomic E-state index is 7.03. The molecule has 2 aliphatic heterocycles. The summed E-state index contributed by atoms with van der Waals surface area (Å²) in [5, 5.41) is 10.1. The van der Waals surface area contributed by atoms with E-state index in [2.05, 4.69) is 239 Å². The van der Waals surface area contributed by atoms with E-state index in [9.17, 15) is 0 Å². The van der Waals surface area contributed by atoms with Crippen LogP contribution in [-0.2, 0) is 23.7 Å². The molecule has 0 N–H and O–H groups in total. The lowest BCUT2D eigenvalue weighted by atomic mass is 9.44. The van der Waals surface area contributed by atoms with Crippen LogP contribution in [0, 0.1) is 0 Å². The number of benzene rings is 10. The van der Waals surface area contributed by atoms with Gasteiger partial charge in [-0.15, -0.1) is 0 Å². The van der Waals surface area contributed by atoms with Crippen molar-refractivity contribution < 1.29 is 4.42 Å². The molecule has 0 aliphatic carbocycles. The van der Waals surface area contributed by atoms with Crippen LogP contribution in [0.4, 0.5) is 17.1 Å². The van der Waals surface area contributed by atoms with E-state index < -0.39 is 0 Å². The van der Waals surface area contributed by atoms with E-state index in [1.165, 1.54) is 121 Å². The highest BCUT2D eigenvalue weighted by molar-refractivity contribution is 6.90. The summed E-state index contributed by atoms with van der Waals surface area (Å²) in [6.45, 7) is 14.0. The Labute approximate surface area is 409 Å². The summed E-state index contributed by atoms with van der Waals surface area (Å²) in [6.07, 6.45) is 1.64. The Morgan fingerprint density at radius 3 is 1.66 bits per heavy atom. The van der Waals surface area contributed by atoms with Gasteiger partial charge in [0.25, 0.3) is 0 Å². The minimum Gasteiger partial charge on any atom is -0.456 e. The number of anilines is 3. The molecular formula is C66H53BN2O. The topological polar surface area (TPSA) is 21.3 Å². The van der Waals surface area contributed by atoms with Gasteiger partial charge >= 0.3 is 6.85 Å². The van der Waals surface area contributed by atoms with E-state index in [1.807, 2.05) is 0 Å². The van der Waals surface area contributed by atoms with Crippen molar-refractivity contribution in [2.75, 3.05) is 4.90 Å². The van der Waals surface area contributed by atoms with Crippen molar-refractivity contribution >= 4 is 100 Å². The molecular weight excluding hydrogens is 848 g/mol. The van der Waals surface area contributed by atoms with Gasteiger partial charge in [-0.2, -0.15) is 0 Å². The van der Waals surface area contributed by atoms with Crippen molar-refractivity contribution in [3.8, 4) is 11.1 Å². The molecule has 14 rings (SSSR count). The van der Waals surface area contributed by atoms with Crippen molar-refractivity contribution in [2.24, 2.45) is 0 Å². The lowest BCUT2D eigenvalue weighted by Gasteiger charge is -2.41. The Morgan fingerprint density at radius 2 is 1.01 bits per heavy atom. The molecule has 0 amide bonds. The minimum absolute atomic E-state index is 0.0919. The van der Waals surface area contributed by atoms with Crippen LogP contribution in [0.25, 0.3) is 76.4 Å². The van der Waals surface area contributed by atoms with Crippen LogP contribution in [-0.4, -0.2) is 11.3 Å². The highest BCUT2D eigenvalue weighted by Gasteiger charge is 2.45. The molecule has 12 aromatic rings. The SMILES string of the molecule is CC(C)(C)c1cc(N2c3cc4c(Cc5ccccc5)c5ccccc5c(Cc5ccccc5)c4cc3B3c4c2cc2oc5ccccc5c2c4-c2cccc4c5ccccc5n3c24)cc(C(C)(C)C)c1. The molecule has 4 heterocycles. The number of furan rings is 1. The fourth-order valence-electron chi connectivity index (χ4n) is 12.4. The van der Waals surface area contributed by atoms with E-state index in [-0.39, 0.29) is 17.7 Å². The number of para-hydroxylation sites is 3. The molecule has 0 unspecified atom stereocenters. The summed E-state index contributed by atoms with van der Waals surface area (Å²) < 4.78 is 9.74. The van der Waals surface area contributed by atoms with Crippen LogP contribution in [0.2, 0.25) is 0 Å². The first kappa shape index (κ1) is 41.2. The number of aromatic nitrogens is 1. The van der Waals surface area contributed by atoms with E-state index in [0.717, 1.165) is 29.4 Å². The smallest absolute Gasteiger partial charge is 0.333 e. The molecule has 0 radical (unpaired) electrons. The molecule has 70 heavy (non-hydrogen) atoms. The minimum atomic E-state index is -0.141. The van der Waals surface area contributed by atoms with Crippen molar-refractivity contribution in [3.63, 3.8) is 0 Å². The van der Waals surface area contributed by atoms with Gasteiger partial charge < -0.3 is 13.8 Å². The molecule has 0 spiro atoms. The quantitative estimate of drug-likeness (QED) is 0.127. The monoisotopic (exact) mass is 900 g/mol. The summed E-state index contributed by atoms with van der Waals surface area (Å²) in [4.78, 5) is 2.64. The van der Waals surface area contributed by atoms with Crippen molar-refractivity contribution in [1.82, 2.24) is 4.48 Å². The number of hydrogen-bond acceptors (Lipinski definition) is 2. The zero-order valence-corrected chi connectivity index (χ0v) is 40.7. The standard InChI is InChI=1S/C66H53BN2O/c1-65(2,3)42-34-43(66(4,5)6)36-44(35-42)68-57-38-54-52(33-41-22-11-8-12-23-41)46-25-14-13-24-45(46)51(32-40-20-9-7-10-21-40)53(54)37-55(57)67-63-58(68)39-60-61(49-27-16-18-31-59(49)70-60)62(63)50-29-19-28-48-47-26-15-17-30-56(47)69(67)64(48)50/h7-31,34-39H,32-33H2,1-6H3. The van der Waals surface area contributed by atoms with Crippen LogP contribution in [0.1, 0.15) is 74.9 Å². The van der Waals surface area contributed by atoms with Gasteiger partial charge in [0.05, 0.1) is 0 Å². The van der Waals surface area contributed by atoms with E-state index in [1.54, 1.807) is 0 Å². The van der Waals surface area contributed by atoms with Gasteiger partial charge in [0, 0.05) is 61.3 Å². The predicted octanol–water partition coefficient (Wildman–Crippen LogP) is 16.2. The third-order valence-corrected chi connectivity index (χ3v) is 15.7. The first-order valence-electron chi connectivity index (χ1n) is 25.0. The van der Waals surface area contributed by atoms with Gasteiger partial charge in [0.2, 0.25) is 0 Å². The van der Waals surface area contributed by atoms with Crippen LogP contribution in [0.15, 0.2) is 192 Å². The molecule has 2 aliphatic rings. The Hall–Kier alpha value is -7.82. The van der Waals surface area contributed by atoms with Crippen LogP contribution >= 0.6 is 0 Å². The maximum absolute atomic E-state index is 7.03. The second kappa shape index (κ2) is 14.8. The molecule has 4 heteroatoms.